The number of hydrogen-bond donors (Lipinski definition) is 2. The highest BCUT2D eigenvalue weighted by atomic mass is 16.5. The summed E-state index contributed by atoms with van der Waals surface area (Å²) in [5, 5.41) is 14.6. The lowest BCUT2D eigenvalue weighted by Gasteiger charge is -2.40. The summed E-state index contributed by atoms with van der Waals surface area (Å²) in [7, 11) is 3.25. The zero-order chi connectivity index (χ0) is 23.7. The lowest BCUT2D eigenvalue weighted by Crippen LogP contribution is -2.42. The predicted octanol–water partition coefficient (Wildman–Crippen LogP) is 3.52. The van der Waals surface area contributed by atoms with E-state index in [4.69, 9.17) is 9.72 Å². The Morgan fingerprint density at radius 1 is 1.26 bits per heavy atom. The molecule has 0 spiro atoms. The van der Waals surface area contributed by atoms with Crippen molar-refractivity contribution in [2.24, 2.45) is 0 Å². The number of fused-ring (bicyclic) bond motifs is 3. The first-order chi connectivity index (χ1) is 16.6. The highest BCUT2D eigenvalue weighted by molar-refractivity contribution is 5.94. The van der Waals surface area contributed by atoms with Crippen molar-refractivity contribution in [2.75, 3.05) is 24.4 Å². The number of aromatic nitrogens is 5. The molecule has 2 aliphatic rings. The van der Waals surface area contributed by atoms with Gasteiger partial charge in [0.2, 0.25) is 5.95 Å². The molecule has 0 radical (unpaired) electrons. The lowest BCUT2D eigenvalue weighted by atomic mass is 10.0. The van der Waals surface area contributed by atoms with Crippen LogP contribution in [0.25, 0.3) is 5.69 Å². The number of carbonyl (C=O) groups is 1. The number of benzene rings is 1. The van der Waals surface area contributed by atoms with Gasteiger partial charge in [-0.3, -0.25) is 9.36 Å². The highest BCUT2D eigenvalue weighted by Crippen LogP contribution is 2.42. The van der Waals surface area contributed by atoms with E-state index in [0.717, 1.165) is 47.8 Å². The third-order valence-corrected chi connectivity index (χ3v) is 6.71. The number of rotatable bonds is 7. The monoisotopic (exact) mass is 462 g/mol. The molecular weight excluding hydrogens is 432 g/mol. The molecule has 1 aromatic carbocycles. The van der Waals surface area contributed by atoms with Gasteiger partial charge in [0, 0.05) is 37.0 Å². The molecule has 1 saturated carbocycles. The van der Waals surface area contributed by atoms with Crippen LogP contribution in [-0.4, -0.2) is 50.8 Å². The van der Waals surface area contributed by atoms with Gasteiger partial charge in [-0.15, -0.1) is 10.2 Å². The summed E-state index contributed by atoms with van der Waals surface area (Å²) in [6.45, 7) is 2.54. The number of nitrogens with zero attached hydrogens (tertiary/aromatic N) is 6. The molecule has 178 valence electrons. The SMILES string of the molecule is CC[C@@H]1c2nncn2-c2cnc(Nc3ccc(C(=O)NC)cc3COC)nc2N1C1CCCC1. The van der Waals surface area contributed by atoms with Crippen LogP contribution in [-0.2, 0) is 11.3 Å². The van der Waals surface area contributed by atoms with Crippen LogP contribution in [0.2, 0.25) is 0 Å². The fraction of sp³-hybridized carbons (Fsp3) is 0.458. The minimum atomic E-state index is -0.142. The van der Waals surface area contributed by atoms with Crippen LogP contribution in [0.15, 0.2) is 30.7 Å². The van der Waals surface area contributed by atoms with Gasteiger partial charge in [-0.05, 0) is 37.5 Å². The van der Waals surface area contributed by atoms with Crippen molar-refractivity contribution >= 4 is 23.4 Å². The molecule has 5 rings (SSSR count). The summed E-state index contributed by atoms with van der Waals surface area (Å²) < 4.78 is 7.38. The van der Waals surface area contributed by atoms with E-state index in [2.05, 4.69) is 37.6 Å². The van der Waals surface area contributed by atoms with Crippen LogP contribution in [0, 0.1) is 0 Å². The van der Waals surface area contributed by atoms with E-state index < -0.39 is 0 Å². The van der Waals surface area contributed by atoms with Crippen LogP contribution < -0.4 is 15.5 Å². The van der Waals surface area contributed by atoms with Gasteiger partial charge in [-0.2, -0.15) is 4.98 Å². The normalized spacial score (nSPS) is 17.4. The summed E-state index contributed by atoms with van der Waals surface area (Å²) in [5.41, 5.74) is 3.12. The Morgan fingerprint density at radius 2 is 2.09 bits per heavy atom. The van der Waals surface area contributed by atoms with Gasteiger partial charge in [0.25, 0.3) is 5.91 Å². The summed E-state index contributed by atoms with van der Waals surface area (Å²) in [4.78, 5) is 24.1. The summed E-state index contributed by atoms with van der Waals surface area (Å²) >= 11 is 0. The van der Waals surface area contributed by atoms with Crippen LogP contribution in [0.1, 0.15) is 66.8 Å². The second-order valence-corrected chi connectivity index (χ2v) is 8.74. The van der Waals surface area contributed by atoms with E-state index in [1.54, 1.807) is 26.6 Å². The van der Waals surface area contributed by atoms with E-state index in [0.29, 0.717) is 24.2 Å². The van der Waals surface area contributed by atoms with Crippen molar-refractivity contribution in [2.45, 2.75) is 57.7 Å². The quantitative estimate of drug-likeness (QED) is 0.549. The van der Waals surface area contributed by atoms with E-state index in [-0.39, 0.29) is 11.9 Å². The fourth-order valence-electron chi connectivity index (χ4n) is 5.10. The van der Waals surface area contributed by atoms with Gasteiger partial charge < -0.3 is 20.3 Å². The van der Waals surface area contributed by atoms with Gasteiger partial charge in [-0.1, -0.05) is 19.8 Å². The molecule has 1 aliphatic heterocycles. The summed E-state index contributed by atoms with van der Waals surface area (Å²) in [6.07, 6.45) is 9.25. The number of anilines is 3. The Balaban J connectivity index is 1.54. The lowest BCUT2D eigenvalue weighted by molar-refractivity contribution is 0.0963. The number of hydrogen-bond acceptors (Lipinski definition) is 8. The Kier molecular flexibility index (Phi) is 6.14. The van der Waals surface area contributed by atoms with Crippen molar-refractivity contribution in [1.29, 1.82) is 0 Å². The minimum Gasteiger partial charge on any atom is -0.380 e. The van der Waals surface area contributed by atoms with Gasteiger partial charge in [0.1, 0.15) is 12.0 Å². The highest BCUT2D eigenvalue weighted by Gasteiger charge is 2.38. The third kappa shape index (κ3) is 3.87. The van der Waals surface area contributed by atoms with Crippen LogP contribution >= 0.6 is 0 Å². The van der Waals surface area contributed by atoms with Crippen molar-refractivity contribution in [3.05, 3.63) is 47.7 Å². The molecule has 34 heavy (non-hydrogen) atoms. The number of carbonyl (C=O) groups excluding carboxylic acids is 1. The van der Waals surface area contributed by atoms with E-state index in [1.807, 2.05) is 22.9 Å². The predicted molar refractivity (Wildman–Crippen MR) is 129 cm³/mol. The standard InChI is InChI=1S/C24H30N8O2/c1-4-19-22-30-27-14-31(22)20-12-26-24(29-21(20)32(19)17-7-5-6-8-17)28-18-10-9-15(23(33)25-2)11-16(18)13-34-3/h9-12,14,17,19H,4-8,13H2,1-3H3,(H,25,33)(H,26,28,29)/t19-/m1/s1. The molecule has 2 N–H and O–H groups in total. The molecule has 10 heteroatoms. The van der Waals surface area contributed by atoms with Gasteiger partial charge in [0.05, 0.1) is 18.8 Å². The maximum atomic E-state index is 12.1. The summed E-state index contributed by atoms with van der Waals surface area (Å²) in [5.74, 6) is 2.20. The zero-order valence-corrected chi connectivity index (χ0v) is 19.8. The zero-order valence-electron chi connectivity index (χ0n) is 19.8. The van der Waals surface area contributed by atoms with Crippen molar-refractivity contribution < 1.29 is 9.53 Å². The molecule has 2 aromatic heterocycles. The Labute approximate surface area is 198 Å². The van der Waals surface area contributed by atoms with E-state index in [1.165, 1.54) is 12.8 Å². The second kappa shape index (κ2) is 9.38. The first-order valence-corrected chi connectivity index (χ1v) is 11.8. The van der Waals surface area contributed by atoms with Crippen molar-refractivity contribution in [3.63, 3.8) is 0 Å². The Bertz CT molecular complexity index is 1190. The van der Waals surface area contributed by atoms with Crippen molar-refractivity contribution in [1.82, 2.24) is 30.0 Å². The van der Waals surface area contributed by atoms with Gasteiger partial charge >= 0.3 is 0 Å². The molecule has 1 atom stereocenters. The molecule has 3 aromatic rings. The van der Waals surface area contributed by atoms with E-state index >= 15 is 0 Å². The third-order valence-electron chi connectivity index (χ3n) is 6.71. The molecule has 0 unspecified atom stereocenters. The van der Waals surface area contributed by atoms with Gasteiger partial charge in [0.15, 0.2) is 11.6 Å². The number of nitrogens with one attached hydrogen (secondary N) is 2. The van der Waals surface area contributed by atoms with Crippen LogP contribution in [0.4, 0.5) is 17.5 Å². The largest absolute Gasteiger partial charge is 0.380 e. The molecule has 1 amide bonds. The average Bonchev–Trinajstić information content (AvgIpc) is 3.56. The number of methoxy groups -OCH3 is 1. The molecule has 3 heterocycles. The Morgan fingerprint density at radius 3 is 2.82 bits per heavy atom. The second-order valence-electron chi connectivity index (χ2n) is 8.74. The first kappa shape index (κ1) is 22.3. The van der Waals surface area contributed by atoms with Crippen LogP contribution in [0.5, 0.6) is 0 Å². The average molecular weight is 463 g/mol. The fourth-order valence-corrected chi connectivity index (χ4v) is 5.10. The maximum Gasteiger partial charge on any atom is 0.251 e. The molecule has 1 aliphatic carbocycles. The van der Waals surface area contributed by atoms with Crippen molar-refractivity contribution in [3.8, 4) is 5.69 Å². The van der Waals surface area contributed by atoms with Crippen LogP contribution in [0.3, 0.4) is 0 Å². The molecular formula is C24H30N8O2. The topological polar surface area (TPSA) is 110 Å². The molecule has 1 fully saturated rings. The number of ether oxygens (including phenoxy) is 1. The molecule has 0 saturated heterocycles. The molecule has 0 bridgehead atoms. The van der Waals surface area contributed by atoms with Gasteiger partial charge in [-0.25, -0.2) is 4.98 Å². The molecule has 10 nitrogen and oxygen atoms in total. The Hall–Kier alpha value is -3.53. The summed E-state index contributed by atoms with van der Waals surface area (Å²) in [6, 6.07) is 6.01. The smallest absolute Gasteiger partial charge is 0.251 e. The minimum absolute atomic E-state index is 0.122. The van der Waals surface area contributed by atoms with E-state index in [9.17, 15) is 4.79 Å². The number of amides is 1. The maximum absolute atomic E-state index is 12.1. The first-order valence-electron chi connectivity index (χ1n) is 11.8.